The molecule has 1 heterocycles. The number of rotatable bonds is 3. The van der Waals surface area contributed by atoms with Gasteiger partial charge in [-0.3, -0.25) is 4.79 Å². The van der Waals surface area contributed by atoms with E-state index in [0.29, 0.717) is 6.42 Å². The molecular formula is C11H18O3. The molecule has 1 saturated heterocycles. The molecule has 1 aliphatic heterocycles. The Balaban J connectivity index is 2.50. The molecule has 0 amide bonds. The van der Waals surface area contributed by atoms with Crippen molar-refractivity contribution in [1.29, 1.82) is 0 Å². The average Bonchev–Trinajstić information content (AvgIpc) is 2.25. The van der Waals surface area contributed by atoms with E-state index in [-0.39, 0.29) is 12.4 Å². The molecule has 0 unspecified atom stereocenters. The van der Waals surface area contributed by atoms with Crippen LogP contribution in [0.25, 0.3) is 0 Å². The highest BCUT2D eigenvalue weighted by Crippen LogP contribution is 2.31. The van der Waals surface area contributed by atoms with E-state index < -0.39 is 11.7 Å². The third-order valence-electron chi connectivity index (χ3n) is 2.61. The number of esters is 1. The van der Waals surface area contributed by atoms with Gasteiger partial charge >= 0.3 is 5.97 Å². The normalized spacial score (nSPS) is 31.4. The predicted molar refractivity (Wildman–Crippen MR) is 53.8 cm³/mol. The zero-order chi connectivity index (χ0) is 10.8. The number of cyclic esters (lactones) is 1. The molecule has 0 aromatic heterocycles. The summed E-state index contributed by atoms with van der Waals surface area (Å²) in [6, 6.07) is 0. The van der Waals surface area contributed by atoms with Gasteiger partial charge in [0.15, 0.2) is 0 Å². The SMILES string of the molecule is CC(C)=CCC[C@]1(C)OC(=O)C[C@@H]1O. The van der Waals surface area contributed by atoms with Gasteiger partial charge in [0.2, 0.25) is 0 Å². The summed E-state index contributed by atoms with van der Waals surface area (Å²) in [6.45, 7) is 5.85. The van der Waals surface area contributed by atoms with Crippen LogP contribution in [-0.2, 0) is 9.53 Å². The van der Waals surface area contributed by atoms with Gasteiger partial charge in [-0.15, -0.1) is 0 Å². The molecular weight excluding hydrogens is 180 g/mol. The molecule has 1 fully saturated rings. The van der Waals surface area contributed by atoms with Crippen molar-refractivity contribution in [2.75, 3.05) is 0 Å². The van der Waals surface area contributed by atoms with Crippen LogP contribution >= 0.6 is 0 Å². The summed E-state index contributed by atoms with van der Waals surface area (Å²) in [4.78, 5) is 11.0. The van der Waals surface area contributed by atoms with Gasteiger partial charge in [0.25, 0.3) is 0 Å². The standard InChI is InChI=1S/C11H18O3/c1-8(2)5-4-6-11(3)9(12)7-10(13)14-11/h5,9,12H,4,6-7H2,1-3H3/t9-,11-/m0/s1. The number of ether oxygens (including phenoxy) is 1. The Hall–Kier alpha value is -0.830. The maximum absolute atomic E-state index is 11.0. The molecule has 0 saturated carbocycles. The highest BCUT2D eigenvalue weighted by molar-refractivity contribution is 5.73. The molecule has 1 aliphatic rings. The average molecular weight is 198 g/mol. The van der Waals surface area contributed by atoms with E-state index in [2.05, 4.69) is 6.08 Å². The monoisotopic (exact) mass is 198 g/mol. The summed E-state index contributed by atoms with van der Waals surface area (Å²) in [5, 5.41) is 9.62. The van der Waals surface area contributed by atoms with Crippen molar-refractivity contribution in [3.8, 4) is 0 Å². The molecule has 3 nitrogen and oxygen atoms in total. The van der Waals surface area contributed by atoms with E-state index >= 15 is 0 Å². The molecule has 0 aromatic carbocycles. The van der Waals surface area contributed by atoms with Gasteiger partial charge < -0.3 is 9.84 Å². The first-order valence-corrected chi connectivity index (χ1v) is 4.97. The lowest BCUT2D eigenvalue weighted by atomic mass is 9.93. The minimum atomic E-state index is -0.678. The maximum Gasteiger partial charge on any atom is 0.309 e. The van der Waals surface area contributed by atoms with Crippen molar-refractivity contribution in [2.45, 2.75) is 51.7 Å². The lowest BCUT2D eigenvalue weighted by molar-refractivity contribution is -0.149. The number of carbonyl (C=O) groups is 1. The fourth-order valence-corrected chi connectivity index (χ4v) is 1.61. The number of carbonyl (C=O) groups excluding carboxylic acids is 1. The molecule has 1 N–H and O–H groups in total. The van der Waals surface area contributed by atoms with Crippen LogP contribution in [0.3, 0.4) is 0 Å². The van der Waals surface area contributed by atoms with Crippen LogP contribution < -0.4 is 0 Å². The van der Waals surface area contributed by atoms with Gasteiger partial charge in [0.05, 0.1) is 6.42 Å². The van der Waals surface area contributed by atoms with Gasteiger partial charge in [-0.1, -0.05) is 11.6 Å². The lowest BCUT2D eigenvalue weighted by Gasteiger charge is -2.25. The topological polar surface area (TPSA) is 46.5 Å². The fourth-order valence-electron chi connectivity index (χ4n) is 1.61. The van der Waals surface area contributed by atoms with Crippen molar-refractivity contribution >= 4 is 5.97 Å². The second-order valence-corrected chi connectivity index (χ2v) is 4.33. The number of aliphatic hydroxyl groups excluding tert-OH is 1. The Kier molecular flexibility index (Phi) is 3.32. The first-order valence-electron chi connectivity index (χ1n) is 4.97. The molecule has 1 rings (SSSR count). The second kappa shape index (κ2) is 4.13. The molecule has 0 aromatic rings. The van der Waals surface area contributed by atoms with Crippen LogP contribution in [0.5, 0.6) is 0 Å². The third-order valence-corrected chi connectivity index (χ3v) is 2.61. The molecule has 0 aliphatic carbocycles. The fraction of sp³-hybridized carbons (Fsp3) is 0.727. The Morgan fingerprint density at radius 3 is 2.79 bits per heavy atom. The Morgan fingerprint density at radius 2 is 2.36 bits per heavy atom. The molecule has 0 radical (unpaired) electrons. The zero-order valence-corrected chi connectivity index (χ0v) is 9.04. The summed E-state index contributed by atoms with van der Waals surface area (Å²) in [7, 11) is 0. The molecule has 2 atom stereocenters. The molecule has 0 bridgehead atoms. The quantitative estimate of drug-likeness (QED) is 0.555. The molecule has 14 heavy (non-hydrogen) atoms. The van der Waals surface area contributed by atoms with E-state index in [1.807, 2.05) is 13.8 Å². The van der Waals surface area contributed by atoms with Gasteiger partial charge in [0, 0.05) is 0 Å². The Morgan fingerprint density at radius 1 is 1.71 bits per heavy atom. The van der Waals surface area contributed by atoms with Crippen molar-refractivity contribution < 1.29 is 14.6 Å². The zero-order valence-electron chi connectivity index (χ0n) is 9.04. The van der Waals surface area contributed by atoms with E-state index in [1.54, 1.807) is 6.92 Å². The van der Waals surface area contributed by atoms with E-state index in [0.717, 1.165) is 6.42 Å². The van der Waals surface area contributed by atoms with E-state index in [9.17, 15) is 9.90 Å². The second-order valence-electron chi connectivity index (χ2n) is 4.33. The lowest BCUT2D eigenvalue weighted by Crippen LogP contribution is -2.35. The van der Waals surface area contributed by atoms with E-state index in [1.165, 1.54) is 5.57 Å². The summed E-state index contributed by atoms with van der Waals surface area (Å²) >= 11 is 0. The van der Waals surface area contributed by atoms with Crippen molar-refractivity contribution in [1.82, 2.24) is 0 Å². The van der Waals surface area contributed by atoms with Crippen LogP contribution in [0.1, 0.15) is 40.0 Å². The molecule has 0 spiro atoms. The van der Waals surface area contributed by atoms with Crippen molar-refractivity contribution in [2.24, 2.45) is 0 Å². The summed E-state index contributed by atoms with van der Waals surface area (Å²) in [5.74, 6) is -0.294. The first-order chi connectivity index (χ1) is 6.44. The molecule has 3 heteroatoms. The Labute approximate surface area is 84.8 Å². The summed E-state index contributed by atoms with van der Waals surface area (Å²) in [5.41, 5.74) is 0.565. The van der Waals surface area contributed by atoms with Gasteiger partial charge in [0.1, 0.15) is 11.7 Å². The van der Waals surface area contributed by atoms with Crippen LogP contribution in [0, 0.1) is 0 Å². The number of hydrogen-bond donors (Lipinski definition) is 1. The van der Waals surface area contributed by atoms with Crippen LogP contribution in [0.2, 0.25) is 0 Å². The highest BCUT2D eigenvalue weighted by atomic mass is 16.6. The van der Waals surface area contributed by atoms with Gasteiger partial charge in [-0.2, -0.15) is 0 Å². The summed E-state index contributed by atoms with van der Waals surface area (Å²) in [6.07, 6.45) is 3.09. The molecule has 80 valence electrons. The number of aliphatic hydroxyl groups is 1. The smallest absolute Gasteiger partial charge is 0.309 e. The van der Waals surface area contributed by atoms with Crippen LogP contribution in [0.15, 0.2) is 11.6 Å². The predicted octanol–water partition coefficient (Wildman–Crippen LogP) is 1.80. The minimum absolute atomic E-state index is 0.130. The van der Waals surface area contributed by atoms with Crippen molar-refractivity contribution in [3.05, 3.63) is 11.6 Å². The Bertz CT molecular complexity index is 253. The minimum Gasteiger partial charge on any atom is -0.456 e. The van der Waals surface area contributed by atoms with Gasteiger partial charge in [-0.25, -0.2) is 0 Å². The van der Waals surface area contributed by atoms with Crippen molar-refractivity contribution in [3.63, 3.8) is 0 Å². The maximum atomic E-state index is 11.0. The number of allylic oxidation sites excluding steroid dienone is 2. The summed E-state index contributed by atoms with van der Waals surface area (Å²) < 4.78 is 5.12. The van der Waals surface area contributed by atoms with Crippen LogP contribution in [0.4, 0.5) is 0 Å². The van der Waals surface area contributed by atoms with Crippen LogP contribution in [-0.4, -0.2) is 22.8 Å². The van der Waals surface area contributed by atoms with E-state index in [4.69, 9.17) is 4.74 Å². The highest BCUT2D eigenvalue weighted by Gasteiger charge is 2.43. The third kappa shape index (κ3) is 2.58. The largest absolute Gasteiger partial charge is 0.456 e. The van der Waals surface area contributed by atoms with Gasteiger partial charge in [-0.05, 0) is 33.6 Å². The number of hydrogen-bond acceptors (Lipinski definition) is 3. The first kappa shape index (κ1) is 11.2.